The Bertz CT molecular complexity index is 1250. The molecule has 1 heterocycles. The number of hydrogen-bond donors (Lipinski definition) is 1. The summed E-state index contributed by atoms with van der Waals surface area (Å²) in [6.07, 6.45) is 1.58. The minimum absolute atomic E-state index is 0.0505. The lowest BCUT2D eigenvalue weighted by Crippen LogP contribution is -2.39. The molecule has 7 heteroatoms. The molecule has 0 aliphatic heterocycles. The molecule has 168 valence electrons. The molecule has 0 saturated heterocycles. The van der Waals surface area contributed by atoms with Gasteiger partial charge < -0.3 is 9.88 Å². The van der Waals surface area contributed by atoms with Crippen LogP contribution in [0.4, 0.5) is 0 Å². The molecule has 0 radical (unpaired) electrons. The quantitative estimate of drug-likeness (QED) is 0.567. The highest BCUT2D eigenvalue weighted by molar-refractivity contribution is 7.91. The number of aromatic nitrogens is 1. The number of nitrogens with one attached hydrogen (secondary N) is 1. The van der Waals surface area contributed by atoms with Crippen LogP contribution in [-0.4, -0.2) is 24.9 Å². The first kappa shape index (κ1) is 23.5. The van der Waals surface area contributed by atoms with Crippen molar-refractivity contribution in [1.29, 1.82) is 0 Å². The lowest BCUT2D eigenvalue weighted by molar-refractivity contribution is -0.122. The molecule has 3 rings (SSSR count). The first-order valence-corrected chi connectivity index (χ1v) is 12.0. The maximum atomic E-state index is 13.2. The second-order valence-electron chi connectivity index (χ2n) is 8.00. The van der Waals surface area contributed by atoms with Crippen molar-refractivity contribution in [3.8, 4) is 0 Å². The third-order valence-corrected chi connectivity index (χ3v) is 7.32. The SMILES string of the molecule is Cc1cc(C)n(CC(=O)N[C@@H](C)CCc2ccccc2)c(=O)c1S(=O)(=O)c1ccccc1. The van der Waals surface area contributed by atoms with E-state index in [4.69, 9.17) is 0 Å². The Morgan fingerprint density at radius 3 is 2.22 bits per heavy atom. The number of carbonyl (C=O) groups is 1. The fraction of sp³-hybridized carbons (Fsp3) is 0.280. The van der Waals surface area contributed by atoms with Crippen molar-refractivity contribution >= 4 is 15.7 Å². The van der Waals surface area contributed by atoms with Gasteiger partial charge >= 0.3 is 0 Å². The van der Waals surface area contributed by atoms with E-state index in [9.17, 15) is 18.0 Å². The standard InChI is InChI=1S/C25H28N2O4S/c1-18-16-20(3)27(25(29)24(18)32(30,31)22-12-8-5-9-13-22)17-23(28)26-19(2)14-15-21-10-6-4-7-11-21/h4-13,16,19H,14-15,17H2,1-3H3,(H,26,28)/t19-/m0/s1. The zero-order valence-corrected chi connectivity index (χ0v) is 19.4. The van der Waals surface area contributed by atoms with Crippen molar-refractivity contribution < 1.29 is 13.2 Å². The maximum absolute atomic E-state index is 13.2. The van der Waals surface area contributed by atoms with Gasteiger partial charge in [-0.1, -0.05) is 48.5 Å². The van der Waals surface area contributed by atoms with E-state index in [-0.39, 0.29) is 28.3 Å². The summed E-state index contributed by atoms with van der Waals surface area (Å²) in [6.45, 7) is 4.97. The molecular formula is C25H28N2O4S. The Balaban J connectivity index is 1.79. The van der Waals surface area contributed by atoms with Gasteiger partial charge in [0.1, 0.15) is 11.4 Å². The van der Waals surface area contributed by atoms with Crippen molar-refractivity contribution in [2.75, 3.05) is 0 Å². The number of amides is 1. The van der Waals surface area contributed by atoms with Crippen LogP contribution >= 0.6 is 0 Å². The van der Waals surface area contributed by atoms with Gasteiger partial charge in [-0.2, -0.15) is 0 Å². The fourth-order valence-corrected chi connectivity index (χ4v) is 5.29. The van der Waals surface area contributed by atoms with E-state index in [0.717, 1.165) is 12.8 Å². The fourth-order valence-electron chi connectivity index (χ4n) is 3.71. The highest BCUT2D eigenvalue weighted by Gasteiger charge is 2.26. The third-order valence-electron chi connectivity index (χ3n) is 5.39. The van der Waals surface area contributed by atoms with Gasteiger partial charge in [0.2, 0.25) is 15.7 Å². The number of pyridine rings is 1. The number of carbonyl (C=O) groups excluding carboxylic acids is 1. The predicted molar refractivity (Wildman–Crippen MR) is 124 cm³/mol. The van der Waals surface area contributed by atoms with Crippen molar-refractivity contribution in [3.05, 3.63) is 93.9 Å². The monoisotopic (exact) mass is 452 g/mol. The second-order valence-corrected chi connectivity index (χ2v) is 9.89. The Hall–Kier alpha value is -3.19. The zero-order chi connectivity index (χ0) is 23.3. The van der Waals surface area contributed by atoms with E-state index >= 15 is 0 Å². The van der Waals surface area contributed by atoms with Crippen LogP contribution in [0.5, 0.6) is 0 Å². The number of hydrogen-bond acceptors (Lipinski definition) is 4. The normalized spacial score (nSPS) is 12.3. The van der Waals surface area contributed by atoms with Crippen LogP contribution in [0, 0.1) is 13.8 Å². The van der Waals surface area contributed by atoms with Gasteiger partial charge in [-0.15, -0.1) is 0 Å². The van der Waals surface area contributed by atoms with Crippen LogP contribution in [-0.2, 0) is 27.6 Å². The molecule has 1 amide bonds. The molecule has 1 aromatic heterocycles. The average Bonchev–Trinajstić information content (AvgIpc) is 2.76. The topological polar surface area (TPSA) is 85.2 Å². The third kappa shape index (κ3) is 5.34. The van der Waals surface area contributed by atoms with Crippen molar-refractivity contribution in [2.24, 2.45) is 0 Å². The molecule has 0 aliphatic carbocycles. The molecule has 6 nitrogen and oxygen atoms in total. The molecule has 0 saturated carbocycles. The maximum Gasteiger partial charge on any atom is 0.270 e. The average molecular weight is 453 g/mol. The van der Waals surface area contributed by atoms with Crippen LogP contribution in [0.2, 0.25) is 0 Å². The summed E-state index contributed by atoms with van der Waals surface area (Å²) in [4.78, 5) is 25.6. The molecule has 0 spiro atoms. The van der Waals surface area contributed by atoms with Gasteiger partial charge in [-0.25, -0.2) is 8.42 Å². The first-order chi connectivity index (χ1) is 15.2. The zero-order valence-electron chi connectivity index (χ0n) is 18.5. The number of aryl methyl sites for hydroxylation is 3. The minimum Gasteiger partial charge on any atom is -0.352 e. The summed E-state index contributed by atoms with van der Waals surface area (Å²) in [7, 11) is -4.00. The predicted octanol–water partition coefficient (Wildman–Crippen LogP) is 3.44. The molecule has 3 aromatic rings. The van der Waals surface area contributed by atoms with Gasteiger partial charge in [0.25, 0.3) is 5.56 Å². The van der Waals surface area contributed by atoms with E-state index in [1.807, 2.05) is 37.3 Å². The van der Waals surface area contributed by atoms with Crippen LogP contribution in [0.15, 0.2) is 81.3 Å². The van der Waals surface area contributed by atoms with Crippen LogP contribution < -0.4 is 10.9 Å². The second kappa shape index (κ2) is 9.96. The van der Waals surface area contributed by atoms with Crippen molar-refractivity contribution in [2.45, 2.75) is 56.0 Å². The summed E-state index contributed by atoms with van der Waals surface area (Å²) in [5.74, 6) is -0.331. The van der Waals surface area contributed by atoms with E-state index in [1.54, 1.807) is 38.1 Å². The molecule has 0 fully saturated rings. The lowest BCUT2D eigenvalue weighted by Gasteiger charge is -2.17. The molecule has 0 bridgehead atoms. The molecule has 0 aliphatic rings. The summed E-state index contributed by atoms with van der Waals surface area (Å²) >= 11 is 0. The Labute approximate surface area is 188 Å². The van der Waals surface area contributed by atoms with E-state index in [0.29, 0.717) is 11.3 Å². The molecule has 2 aromatic carbocycles. The molecular weight excluding hydrogens is 424 g/mol. The summed E-state index contributed by atoms with van der Waals surface area (Å²) in [5.41, 5.74) is 1.41. The van der Waals surface area contributed by atoms with Gasteiger partial charge in [0, 0.05) is 11.7 Å². The first-order valence-electron chi connectivity index (χ1n) is 10.5. The van der Waals surface area contributed by atoms with E-state index < -0.39 is 15.4 Å². The van der Waals surface area contributed by atoms with Crippen LogP contribution in [0.3, 0.4) is 0 Å². The molecule has 32 heavy (non-hydrogen) atoms. The van der Waals surface area contributed by atoms with Crippen molar-refractivity contribution in [1.82, 2.24) is 9.88 Å². The summed E-state index contributed by atoms with van der Waals surface area (Å²) < 4.78 is 27.4. The van der Waals surface area contributed by atoms with E-state index in [2.05, 4.69) is 5.32 Å². The van der Waals surface area contributed by atoms with Gasteiger partial charge in [-0.3, -0.25) is 9.59 Å². The molecule has 1 atom stereocenters. The van der Waals surface area contributed by atoms with Crippen molar-refractivity contribution in [3.63, 3.8) is 0 Å². The molecule has 1 N–H and O–H groups in total. The smallest absolute Gasteiger partial charge is 0.270 e. The lowest BCUT2D eigenvalue weighted by atomic mass is 10.1. The molecule has 0 unspecified atom stereocenters. The highest BCUT2D eigenvalue weighted by Crippen LogP contribution is 2.21. The minimum atomic E-state index is -4.00. The largest absolute Gasteiger partial charge is 0.352 e. The Morgan fingerprint density at radius 2 is 1.59 bits per heavy atom. The van der Waals surface area contributed by atoms with Gasteiger partial charge in [0.15, 0.2) is 0 Å². The van der Waals surface area contributed by atoms with E-state index in [1.165, 1.54) is 22.3 Å². The Kier molecular flexibility index (Phi) is 7.30. The Morgan fingerprint density at radius 1 is 1.00 bits per heavy atom. The number of rotatable bonds is 8. The number of benzene rings is 2. The van der Waals surface area contributed by atoms with Crippen LogP contribution in [0.25, 0.3) is 0 Å². The van der Waals surface area contributed by atoms with Crippen LogP contribution in [0.1, 0.15) is 30.2 Å². The van der Waals surface area contributed by atoms with Gasteiger partial charge in [-0.05, 0) is 62.9 Å². The number of sulfone groups is 1. The number of nitrogens with zero attached hydrogens (tertiary/aromatic N) is 1. The summed E-state index contributed by atoms with van der Waals surface area (Å²) in [5, 5.41) is 2.91. The van der Waals surface area contributed by atoms with Gasteiger partial charge in [0.05, 0.1) is 4.90 Å². The summed E-state index contributed by atoms with van der Waals surface area (Å²) in [6, 6.07) is 19.4. The highest BCUT2D eigenvalue weighted by atomic mass is 32.2.